The number of nitrogens with zero attached hydrogens (tertiary/aromatic N) is 4. The number of anilines is 1. The minimum absolute atomic E-state index is 0.178. The van der Waals surface area contributed by atoms with Gasteiger partial charge in [0.05, 0.1) is 5.52 Å². The minimum Gasteiger partial charge on any atom is -0.382 e. The maximum Gasteiger partial charge on any atom is 0.226 e. The molecule has 2 aliphatic rings. The van der Waals surface area contributed by atoms with E-state index in [0.29, 0.717) is 36.8 Å². The van der Waals surface area contributed by atoms with Crippen molar-refractivity contribution >= 4 is 22.8 Å². The van der Waals surface area contributed by atoms with Gasteiger partial charge in [0.2, 0.25) is 5.91 Å². The second kappa shape index (κ2) is 9.97. The summed E-state index contributed by atoms with van der Waals surface area (Å²) < 4.78 is 8.00. The number of carbonyl (C=O) groups excluding carboxylic acids is 1. The highest BCUT2D eigenvalue weighted by atomic mass is 16.5. The summed E-state index contributed by atoms with van der Waals surface area (Å²) in [6.07, 6.45) is 4.17. The average molecular weight is 476 g/mol. The molecule has 0 bridgehead atoms. The molecule has 1 saturated heterocycles. The Labute approximate surface area is 207 Å². The summed E-state index contributed by atoms with van der Waals surface area (Å²) in [5, 5.41) is 0. The Bertz CT molecular complexity index is 1200. The Hall–Kier alpha value is -2.93. The van der Waals surface area contributed by atoms with Gasteiger partial charge >= 0.3 is 0 Å². The van der Waals surface area contributed by atoms with Crippen molar-refractivity contribution in [2.24, 2.45) is 11.8 Å². The van der Waals surface area contributed by atoms with Crippen LogP contribution in [-0.4, -0.2) is 45.0 Å². The largest absolute Gasteiger partial charge is 0.382 e. The average Bonchev–Trinajstić information content (AvgIpc) is 3.59. The molecule has 2 fully saturated rings. The number of pyridine rings is 1. The predicted octanol–water partition coefficient (Wildman–Crippen LogP) is 4.60. The molecule has 7 heteroatoms. The molecule has 186 valence electrons. The number of amides is 1. The Kier molecular flexibility index (Phi) is 6.78. The van der Waals surface area contributed by atoms with Crippen LogP contribution in [0.3, 0.4) is 0 Å². The fourth-order valence-electron chi connectivity index (χ4n) is 5.62. The summed E-state index contributed by atoms with van der Waals surface area (Å²) >= 11 is 0. The van der Waals surface area contributed by atoms with Crippen molar-refractivity contribution in [1.29, 1.82) is 0 Å². The van der Waals surface area contributed by atoms with E-state index in [1.807, 2.05) is 19.9 Å². The molecule has 2 N–H and O–H groups in total. The summed E-state index contributed by atoms with van der Waals surface area (Å²) in [5.74, 6) is 2.94. The van der Waals surface area contributed by atoms with Crippen molar-refractivity contribution in [3.05, 3.63) is 53.0 Å². The maximum atomic E-state index is 13.1. The number of hydrogen-bond donors (Lipinski definition) is 1. The first-order chi connectivity index (χ1) is 17.0. The van der Waals surface area contributed by atoms with Gasteiger partial charge in [0.1, 0.15) is 17.9 Å². The predicted molar refractivity (Wildman–Crippen MR) is 138 cm³/mol. The van der Waals surface area contributed by atoms with Crippen molar-refractivity contribution in [3.63, 3.8) is 0 Å². The van der Waals surface area contributed by atoms with Crippen LogP contribution in [0, 0.1) is 25.7 Å². The number of benzene rings is 1. The molecule has 7 nitrogen and oxygen atoms in total. The number of rotatable bonds is 8. The Balaban J connectivity index is 1.21. The lowest BCUT2D eigenvalue weighted by molar-refractivity contribution is -0.134. The smallest absolute Gasteiger partial charge is 0.226 e. The molecule has 2 aromatic heterocycles. The first-order valence-corrected chi connectivity index (χ1v) is 13.0. The summed E-state index contributed by atoms with van der Waals surface area (Å²) in [4.78, 5) is 24.5. The zero-order valence-electron chi connectivity index (χ0n) is 21.2. The van der Waals surface area contributed by atoms with Gasteiger partial charge in [-0.25, -0.2) is 9.97 Å². The molecule has 1 aliphatic carbocycles. The number of carbonyl (C=O) groups is 1. The van der Waals surface area contributed by atoms with Crippen LogP contribution in [0.25, 0.3) is 11.0 Å². The zero-order chi connectivity index (χ0) is 24.5. The summed E-state index contributed by atoms with van der Waals surface area (Å²) in [7, 11) is 0. The molecule has 2 unspecified atom stereocenters. The lowest BCUT2D eigenvalue weighted by Crippen LogP contribution is -2.39. The number of nitrogen functional groups attached to an aromatic ring is 1. The van der Waals surface area contributed by atoms with Gasteiger partial charge in [0.15, 0.2) is 5.82 Å². The molecular weight excluding hydrogens is 438 g/mol. The standard InChI is InChI=1S/C28H37N5O2/c1-4-35-17-24-31-25-26(18(2)19(3)30-27(25)29)33(24)15-12-20-10-13-32(14-11-20)28(34)23-16-22(23)21-8-6-5-7-9-21/h5-9,20,22-23H,4,10-17H2,1-3H3,(H2,29,30). The van der Waals surface area contributed by atoms with E-state index >= 15 is 0 Å². The first kappa shape index (κ1) is 23.8. The lowest BCUT2D eigenvalue weighted by Gasteiger charge is -2.32. The quantitative estimate of drug-likeness (QED) is 0.515. The van der Waals surface area contributed by atoms with Crippen molar-refractivity contribution in [1.82, 2.24) is 19.4 Å². The Morgan fingerprint density at radius 2 is 1.89 bits per heavy atom. The molecule has 0 spiro atoms. The molecule has 3 aromatic rings. The van der Waals surface area contributed by atoms with Crippen LogP contribution in [0.15, 0.2) is 30.3 Å². The number of aryl methyl sites for hydroxylation is 3. The second-order valence-electron chi connectivity index (χ2n) is 10.1. The molecule has 1 amide bonds. The lowest BCUT2D eigenvalue weighted by atomic mass is 9.93. The number of piperidine rings is 1. The molecule has 0 radical (unpaired) electrons. The number of likely N-dealkylation sites (tertiary alicyclic amines) is 1. The third-order valence-corrected chi connectivity index (χ3v) is 7.93. The molecule has 3 heterocycles. The fourth-order valence-corrected chi connectivity index (χ4v) is 5.62. The normalized spacial score (nSPS) is 20.5. The van der Waals surface area contributed by atoms with Crippen molar-refractivity contribution in [2.75, 3.05) is 25.4 Å². The second-order valence-corrected chi connectivity index (χ2v) is 10.1. The number of aromatic nitrogens is 3. The van der Waals surface area contributed by atoms with Crippen molar-refractivity contribution in [2.45, 2.75) is 65.5 Å². The van der Waals surface area contributed by atoms with Gasteiger partial charge < -0.3 is 19.9 Å². The van der Waals surface area contributed by atoms with Gasteiger partial charge in [-0.3, -0.25) is 4.79 Å². The highest BCUT2D eigenvalue weighted by Crippen LogP contribution is 2.48. The molecular formula is C28H37N5O2. The van der Waals surface area contributed by atoms with E-state index in [0.717, 1.165) is 73.4 Å². The van der Waals surface area contributed by atoms with E-state index in [1.165, 1.54) is 5.56 Å². The van der Waals surface area contributed by atoms with E-state index < -0.39 is 0 Å². The minimum atomic E-state index is 0.178. The monoisotopic (exact) mass is 475 g/mol. The van der Waals surface area contributed by atoms with Crippen LogP contribution in [-0.2, 0) is 22.7 Å². The van der Waals surface area contributed by atoms with Crippen LogP contribution in [0.5, 0.6) is 0 Å². The van der Waals surface area contributed by atoms with Crippen molar-refractivity contribution in [3.8, 4) is 0 Å². The number of ether oxygens (including phenoxy) is 1. The summed E-state index contributed by atoms with van der Waals surface area (Å²) in [6.45, 7) is 9.82. The number of fused-ring (bicyclic) bond motifs is 1. The van der Waals surface area contributed by atoms with Crippen molar-refractivity contribution < 1.29 is 9.53 Å². The fraction of sp³-hybridized carbons (Fsp3) is 0.536. The topological polar surface area (TPSA) is 86.3 Å². The van der Waals surface area contributed by atoms with E-state index in [1.54, 1.807) is 0 Å². The Morgan fingerprint density at radius 3 is 2.60 bits per heavy atom. The van der Waals surface area contributed by atoms with Gasteiger partial charge in [0.25, 0.3) is 0 Å². The van der Waals surface area contributed by atoms with E-state index in [4.69, 9.17) is 15.5 Å². The van der Waals surface area contributed by atoms with Crippen LogP contribution >= 0.6 is 0 Å². The van der Waals surface area contributed by atoms with Crippen LogP contribution in [0.4, 0.5) is 5.82 Å². The molecule has 5 rings (SSSR count). The van der Waals surface area contributed by atoms with Gasteiger partial charge in [-0.05, 0) is 69.4 Å². The van der Waals surface area contributed by atoms with Gasteiger partial charge in [0, 0.05) is 37.9 Å². The number of imidazole rings is 1. The van der Waals surface area contributed by atoms with Gasteiger partial charge in [-0.1, -0.05) is 30.3 Å². The van der Waals surface area contributed by atoms with E-state index in [9.17, 15) is 4.79 Å². The van der Waals surface area contributed by atoms with Crippen LogP contribution in [0.1, 0.15) is 61.2 Å². The highest BCUT2D eigenvalue weighted by molar-refractivity contribution is 5.88. The summed E-state index contributed by atoms with van der Waals surface area (Å²) in [5.41, 5.74) is 11.5. The maximum absolute atomic E-state index is 13.1. The van der Waals surface area contributed by atoms with E-state index in [-0.39, 0.29) is 5.92 Å². The molecule has 2 atom stereocenters. The van der Waals surface area contributed by atoms with Crippen LogP contribution in [0.2, 0.25) is 0 Å². The molecule has 1 saturated carbocycles. The first-order valence-electron chi connectivity index (χ1n) is 13.0. The molecule has 1 aliphatic heterocycles. The van der Waals surface area contributed by atoms with Gasteiger partial charge in [-0.2, -0.15) is 0 Å². The SMILES string of the molecule is CCOCc1nc2c(N)nc(C)c(C)c2n1CCC1CCN(C(=O)C2CC2c2ccccc2)CC1. The number of nitrogens with two attached hydrogens (primary N) is 1. The van der Waals surface area contributed by atoms with Gasteiger partial charge in [-0.15, -0.1) is 0 Å². The van der Waals surface area contributed by atoms with E-state index in [2.05, 4.69) is 45.6 Å². The summed E-state index contributed by atoms with van der Waals surface area (Å²) in [6, 6.07) is 10.5. The Morgan fingerprint density at radius 1 is 1.14 bits per heavy atom. The highest BCUT2D eigenvalue weighted by Gasteiger charge is 2.46. The number of hydrogen-bond acceptors (Lipinski definition) is 5. The van der Waals surface area contributed by atoms with Crippen LogP contribution < -0.4 is 5.73 Å². The molecule has 1 aromatic carbocycles. The third-order valence-electron chi connectivity index (χ3n) is 7.93. The zero-order valence-corrected chi connectivity index (χ0v) is 21.2. The third kappa shape index (κ3) is 4.79. The molecule has 35 heavy (non-hydrogen) atoms.